The van der Waals surface area contributed by atoms with E-state index in [0.717, 1.165) is 0 Å². The van der Waals surface area contributed by atoms with Crippen molar-refractivity contribution in [2.75, 3.05) is 11.1 Å². The van der Waals surface area contributed by atoms with E-state index < -0.39 is 0 Å². The Bertz CT molecular complexity index is 540. The first-order valence-corrected chi connectivity index (χ1v) is 5.73. The Morgan fingerprint density at radius 2 is 2.00 bits per heavy atom. The summed E-state index contributed by atoms with van der Waals surface area (Å²) in [6.45, 7) is 6.02. The average Bonchev–Trinajstić information content (AvgIpc) is 2.58. The number of anilines is 2. The number of hydrogen-bond donors (Lipinski definition) is 2. The highest BCUT2D eigenvalue weighted by molar-refractivity contribution is 6.29. The second-order valence-electron chi connectivity index (χ2n) is 4.79. The molecule has 0 saturated heterocycles. The largest absolute Gasteiger partial charge is 0.368 e. The molecule has 0 atom stereocenters. The third-order valence-electron chi connectivity index (χ3n) is 1.95. The molecule has 0 aliphatic carbocycles. The minimum atomic E-state index is -0.149. The van der Waals surface area contributed by atoms with Gasteiger partial charge >= 0.3 is 0 Å². The van der Waals surface area contributed by atoms with Crippen LogP contribution in [0.5, 0.6) is 0 Å². The average molecular weight is 268 g/mol. The molecule has 0 radical (unpaired) electrons. The van der Waals surface area contributed by atoms with E-state index in [1.807, 2.05) is 20.8 Å². The molecule has 18 heavy (non-hydrogen) atoms. The number of hydrogen-bond acceptors (Lipinski definition) is 6. The van der Waals surface area contributed by atoms with Crippen molar-refractivity contribution in [2.24, 2.45) is 0 Å². The predicted molar refractivity (Wildman–Crippen MR) is 69.7 cm³/mol. The van der Waals surface area contributed by atoms with E-state index in [9.17, 15) is 0 Å². The zero-order valence-electron chi connectivity index (χ0n) is 10.3. The minimum Gasteiger partial charge on any atom is -0.368 e. The van der Waals surface area contributed by atoms with E-state index in [2.05, 4.69) is 25.6 Å². The third kappa shape index (κ3) is 2.86. The predicted octanol–water partition coefficient (Wildman–Crippen LogP) is 1.50. The van der Waals surface area contributed by atoms with Crippen LogP contribution < -0.4 is 11.1 Å². The van der Waals surface area contributed by atoms with Gasteiger partial charge in [0, 0.05) is 5.54 Å². The zero-order chi connectivity index (χ0) is 13.3. The van der Waals surface area contributed by atoms with Crippen LogP contribution >= 0.6 is 11.6 Å². The molecule has 0 unspecified atom stereocenters. The molecule has 0 fully saturated rings. The summed E-state index contributed by atoms with van der Waals surface area (Å²) < 4.78 is 1.40. The standard InChI is InChI=1S/C10H14ClN7/c1-10(2,3)14-9-13-8(12)18(17-9)7-5-4-6(11)15-16-7/h4-5H,1-3H3,(H3,12,13,14,17). The Morgan fingerprint density at radius 1 is 1.28 bits per heavy atom. The van der Waals surface area contributed by atoms with Crippen LogP contribution in [0, 0.1) is 0 Å². The first kappa shape index (κ1) is 12.6. The first-order chi connectivity index (χ1) is 8.35. The quantitative estimate of drug-likeness (QED) is 0.856. The first-order valence-electron chi connectivity index (χ1n) is 5.35. The second kappa shape index (κ2) is 4.41. The van der Waals surface area contributed by atoms with E-state index in [-0.39, 0.29) is 11.5 Å². The number of aromatic nitrogens is 5. The number of halogens is 1. The Kier molecular flexibility index (Phi) is 3.08. The van der Waals surface area contributed by atoms with Gasteiger partial charge in [-0.2, -0.15) is 9.67 Å². The summed E-state index contributed by atoms with van der Waals surface area (Å²) in [5.74, 6) is 1.14. The fourth-order valence-electron chi connectivity index (χ4n) is 1.30. The number of nitrogens with one attached hydrogen (secondary N) is 1. The smallest absolute Gasteiger partial charge is 0.244 e. The van der Waals surface area contributed by atoms with E-state index in [4.69, 9.17) is 17.3 Å². The molecule has 2 aromatic rings. The molecule has 0 spiro atoms. The molecule has 8 heteroatoms. The van der Waals surface area contributed by atoms with Gasteiger partial charge in [-0.1, -0.05) is 11.6 Å². The molecule has 7 nitrogen and oxygen atoms in total. The lowest BCUT2D eigenvalue weighted by molar-refractivity contribution is 0.625. The van der Waals surface area contributed by atoms with Gasteiger partial charge in [0.25, 0.3) is 0 Å². The molecule has 2 heterocycles. The fraction of sp³-hybridized carbons (Fsp3) is 0.400. The van der Waals surface area contributed by atoms with Crippen LogP contribution in [0.25, 0.3) is 5.82 Å². The maximum Gasteiger partial charge on any atom is 0.244 e. The Morgan fingerprint density at radius 3 is 2.56 bits per heavy atom. The Hall–Kier alpha value is -1.89. The van der Waals surface area contributed by atoms with Crippen LogP contribution in [0.4, 0.5) is 11.9 Å². The van der Waals surface area contributed by atoms with Gasteiger partial charge in [0.2, 0.25) is 11.9 Å². The lowest BCUT2D eigenvalue weighted by atomic mass is 10.1. The van der Waals surface area contributed by atoms with E-state index in [1.54, 1.807) is 12.1 Å². The van der Waals surface area contributed by atoms with E-state index in [1.165, 1.54) is 4.68 Å². The van der Waals surface area contributed by atoms with Crippen molar-refractivity contribution in [1.82, 2.24) is 25.0 Å². The van der Waals surface area contributed by atoms with Gasteiger partial charge in [0.1, 0.15) is 0 Å². The van der Waals surface area contributed by atoms with Crippen molar-refractivity contribution < 1.29 is 0 Å². The Balaban J connectivity index is 2.32. The number of rotatable bonds is 2. The molecule has 3 N–H and O–H groups in total. The molecule has 0 aromatic carbocycles. The highest BCUT2D eigenvalue weighted by atomic mass is 35.5. The van der Waals surface area contributed by atoms with Crippen LogP contribution in [0.3, 0.4) is 0 Å². The minimum absolute atomic E-state index is 0.149. The summed E-state index contributed by atoms with van der Waals surface area (Å²) in [6.07, 6.45) is 0. The third-order valence-corrected chi connectivity index (χ3v) is 2.16. The summed E-state index contributed by atoms with van der Waals surface area (Å²) in [4.78, 5) is 4.11. The summed E-state index contributed by atoms with van der Waals surface area (Å²) in [5, 5.41) is 15.3. The van der Waals surface area contributed by atoms with Crippen molar-refractivity contribution in [1.29, 1.82) is 0 Å². The fourth-order valence-corrected chi connectivity index (χ4v) is 1.40. The summed E-state index contributed by atoms with van der Waals surface area (Å²) in [7, 11) is 0. The van der Waals surface area contributed by atoms with Gasteiger partial charge in [-0.15, -0.1) is 15.3 Å². The molecule has 0 amide bonds. The summed E-state index contributed by atoms with van der Waals surface area (Å²) in [5.41, 5.74) is 5.63. The molecule has 0 aliphatic heterocycles. The van der Waals surface area contributed by atoms with Gasteiger partial charge in [0.05, 0.1) is 0 Å². The van der Waals surface area contributed by atoms with Crippen molar-refractivity contribution >= 4 is 23.5 Å². The van der Waals surface area contributed by atoms with Crippen LogP contribution in [0.15, 0.2) is 12.1 Å². The van der Waals surface area contributed by atoms with Crippen molar-refractivity contribution in [3.8, 4) is 5.82 Å². The van der Waals surface area contributed by atoms with E-state index >= 15 is 0 Å². The maximum atomic E-state index is 5.78. The van der Waals surface area contributed by atoms with Crippen LogP contribution in [0.2, 0.25) is 5.15 Å². The molecule has 2 aromatic heterocycles. The molecule has 0 aliphatic rings. The maximum absolute atomic E-state index is 5.78. The van der Waals surface area contributed by atoms with Gasteiger partial charge in [-0.3, -0.25) is 0 Å². The highest BCUT2D eigenvalue weighted by Crippen LogP contribution is 2.15. The zero-order valence-corrected chi connectivity index (χ0v) is 11.1. The summed E-state index contributed by atoms with van der Waals surface area (Å²) in [6, 6.07) is 3.28. The van der Waals surface area contributed by atoms with Gasteiger partial charge < -0.3 is 11.1 Å². The van der Waals surface area contributed by atoms with Crippen LogP contribution in [-0.4, -0.2) is 30.5 Å². The highest BCUT2D eigenvalue weighted by Gasteiger charge is 2.15. The lowest BCUT2D eigenvalue weighted by Gasteiger charge is -2.18. The number of nitrogens with zero attached hydrogens (tertiary/aromatic N) is 5. The van der Waals surface area contributed by atoms with Crippen molar-refractivity contribution in [3.63, 3.8) is 0 Å². The van der Waals surface area contributed by atoms with Crippen molar-refractivity contribution in [2.45, 2.75) is 26.3 Å². The van der Waals surface area contributed by atoms with Gasteiger partial charge in [0.15, 0.2) is 11.0 Å². The van der Waals surface area contributed by atoms with Crippen LogP contribution in [0.1, 0.15) is 20.8 Å². The SMILES string of the molecule is CC(C)(C)Nc1nc(N)n(-c2ccc(Cl)nn2)n1. The van der Waals surface area contributed by atoms with Crippen LogP contribution in [-0.2, 0) is 0 Å². The van der Waals surface area contributed by atoms with E-state index in [0.29, 0.717) is 16.9 Å². The molecular weight excluding hydrogens is 254 g/mol. The molecule has 0 bridgehead atoms. The molecule has 2 rings (SSSR count). The lowest BCUT2D eigenvalue weighted by Crippen LogP contribution is -2.26. The molecule has 96 valence electrons. The molecule has 0 saturated carbocycles. The number of nitrogen functional groups attached to an aromatic ring is 1. The van der Waals surface area contributed by atoms with Crippen molar-refractivity contribution in [3.05, 3.63) is 17.3 Å². The Labute approximate surface area is 109 Å². The monoisotopic (exact) mass is 267 g/mol. The van der Waals surface area contributed by atoms with Gasteiger partial charge in [-0.05, 0) is 32.9 Å². The molecular formula is C10H14ClN7. The van der Waals surface area contributed by atoms with Gasteiger partial charge in [-0.25, -0.2) is 0 Å². The second-order valence-corrected chi connectivity index (χ2v) is 5.18. The normalized spacial score (nSPS) is 11.6. The summed E-state index contributed by atoms with van der Waals surface area (Å²) >= 11 is 5.67. The topological polar surface area (TPSA) is 94.5 Å². The number of nitrogens with two attached hydrogens (primary N) is 1.